The molecule has 0 bridgehead atoms. The maximum absolute atomic E-state index is 5.83. The highest BCUT2D eigenvalue weighted by Crippen LogP contribution is 2.40. The lowest BCUT2D eigenvalue weighted by Crippen LogP contribution is -2.32. The van der Waals surface area contributed by atoms with E-state index >= 15 is 0 Å². The molecule has 4 nitrogen and oxygen atoms in total. The lowest BCUT2D eigenvalue weighted by Gasteiger charge is -2.04. The number of unbranched alkanes of at least 4 members (excludes halogenated alkanes) is 3. The number of nitrogens with one attached hydrogen (secondary N) is 1. The molecule has 0 saturated heterocycles. The summed E-state index contributed by atoms with van der Waals surface area (Å²) in [5.41, 5.74) is 7.08. The van der Waals surface area contributed by atoms with E-state index in [-0.39, 0.29) is 24.0 Å². The summed E-state index contributed by atoms with van der Waals surface area (Å²) in [6, 6.07) is 0. The molecular formula is C14H25IN4S. The lowest BCUT2D eigenvalue weighted by atomic mass is 10.2. The third-order valence-electron chi connectivity index (χ3n) is 3.29. The third kappa shape index (κ3) is 6.39. The largest absolute Gasteiger partial charge is 0.370 e. The summed E-state index contributed by atoms with van der Waals surface area (Å²) in [6.07, 6.45) is 7.57. The zero-order valence-corrected chi connectivity index (χ0v) is 15.2. The summed E-state index contributed by atoms with van der Waals surface area (Å²) in [5.74, 6) is 1.27. The van der Waals surface area contributed by atoms with Gasteiger partial charge in [0, 0.05) is 17.8 Å². The van der Waals surface area contributed by atoms with E-state index in [2.05, 4.69) is 27.6 Å². The molecule has 0 unspecified atom stereocenters. The fraction of sp³-hybridized carbons (Fsp3) is 0.714. The normalized spacial score (nSPS) is 14.9. The molecule has 1 heterocycles. The maximum atomic E-state index is 5.83. The molecule has 114 valence electrons. The number of nitrogens with zero attached hydrogens (tertiary/aromatic N) is 2. The topological polar surface area (TPSA) is 63.3 Å². The predicted molar refractivity (Wildman–Crippen MR) is 97.0 cm³/mol. The first-order chi connectivity index (χ1) is 9.29. The van der Waals surface area contributed by atoms with E-state index in [0.717, 1.165) is 23.9 Å². The molecule has 1 aromatic rings. The van der Waals surface area contributed by atoms with E-state index in [1.807, 2.05) is 0 Å². The molecule has 1 fully saturated rings. The minimum atomic E-state index is 0. The molecule has 0 aromatic carbocycles. The zero-order valence-electron chi connectivity index (χ0n) is 12.1. The zero-order chi connectivity index (χ0) is 13.5. The van der Waals surface area contributed by atoms with Crippen molar-refractivity contribution in [3.63, 3.8) is 0 Å². The highest BCUT2D eigenvalue weighted by Gasteiger charge is 2.25. The van der Waals surface area contributed by atoms with Crippen LogP contribution in [0.5, 0.6) is 0 Å². The summed E-state index contributed by atoms with van der Waals surface area (Å²) in [4.78, 5) is 8.93. The maximum Gasteiger partial charge on any atom is 0.189 e. The smallest absolute Gasteiger partial charge is 0.189 e. The van der Waals surface area contributed by atoms with Crippen molar-refractivity contribution in [3.05, 3.63) is 16.1 Å². The molecule has 6 heteroatoms. The average molecular weight is 408 g/mol. The van der Waals surface area contributed by atoms with Crippen LogP contribution in [0.4, 0.5) is 0 Å². The molecule has 1 aliphatic rings. The van der Waals surface area contributed by atoms with Crippen molar-refractivity contribution in [2.45, 2.75) is 57.9 Å². The Balaban J connectivity index is 0.00000200. The number of guanidine groups is 1. The molecule has 1 aliphatic carbocycles. The summed E-state index contributed by atoms with van der Waals surface area (Å²) in [6.45, 7) is 3.73. The number of hydrogen-bond donors (Lipinski definition) is 2. The van der Waals surface area contributed by atoms with Gasteiger partial charge < -0.3 is 11.1 Å². The molecule has 3 N–H and O–H groups in total. The van der Waals surface area contributed by atoms with Gasteiger partial charge in [-0.3, -0.25) is 0 Å². The quantitative estimate of drug-likeness (QED) is 0.299. The lowest BCUT2D eigenvalue weighted by molar-refractivity contribution is 0.652. The van der Waals surface area contributed by atoms with Gasteiger partial charge in [0.25, 0.3) is 0 Å². The highest BCUT2D eigenvalue weighted by molar-refractivity contribution is 14.0. The van der Waals surface area contributed by atoms with E-state index in [1.165, 1.54) is 37.8 Å². The number of rotatable bonds is 8. The van der Waals surface area contributed by atoms with E-state index < -0.39 is 0 Å². The Morgan fingerprint density at radius 1 is 1.45 bits per heavy atom. The van der Waals surface area contributed by atoms with Crippen LogP contribution in [0.15, 0.2) is 10.4 Å². The average Bonchev–Trinajstić information content (AvgIpc) is 3.15. The number of hydrogen-bond acceptors (Lipinski definition) is 3. The Kier molecular flexibility index (Phi) is 8.44. The predicted octanol–water partition coefficient (Wildman–Crippen LogP) is 3.62. The van der Waals surface area contributed by atoms with Crippen LogP contribution in [0.1, 0.15) is 62.1 Å². The van der Waals surface area contributed by atoms with Crippen molar-refractivity contribution in [3.8, 4) is 0 Å². The van der Waals surface area contributed by atoms with Crippen molar-refractivity contribution in [2.24, 2.45) is 10.7 Å². The van der Waals surface area contributed by atoms with Crippen LogP contribution in [0.3, 0.4) is 0 Å². The van der Waals surface area contributed by atoms with Crippen LogP contribution < -0.4 is 11.1 Å². The summed E-state index contributed by atoms with van der Waals surface area (Å²) >= 11 is 1.69. The number of thiazole rings is 1. The third-order valence-corrected chi connectivity index (χ3v) is 4.14. The monoisotopic (exact) mass is 408 g/mol. The van der Waals surface area contributed by atoms with Gasteiger partial charge in [0.1, 0.15) is 5.01 Å². The number of nitrogens with two attached hydrogens (primary N) is 1. The number of aliphatic imine (C=N–C) groups is 1. The van der Waals surface area contributed by atoms with E-state index in [0.29, 0.717) is 12.5 Å². The molecule has 20 heavy (non-hydrogen) atoms. The second-order valence-electron chi connectivity index (χ2n) is 5.13. The Labute approximate surface area is 142 Å². The Morgan fingerprint density at radius 2 is 2.25 bits per heavy atom. The van der Waals surface area contributed by atoms with E-state index in [4.69, 9.17) is 5.73 Å². The van der Waals surface area contributed by atoms with Crippen LogP contribution in [0.2, 0.25) is 0 Å². The SMILES string of the molecule is CCCCCCNC(N)=NCc1nc(C2CC2)cs1.I. The van der Waals surface area contributed by atoms with Gasteiger partial charge in [0.05, 0.1) is 12.2 Å². The van der Waals surface area contributed by atoms with Gasteiger partial charge in [-0.25, -0.2) is 9.98 Å². The van der Waals surface area contributed by atoms with Crippen LogP contribution >= 0.6 is 35.3 Å². The summed E-state index contributed by atoms with van der Waals surface area (Å²) < 4.78 is 0. The van der Waals surface area contributed by atoms with Crippen molar-refractivity contribution < 1.29 is 0 Å². The molecule has 0 atom stereocenters. The highest BCUT2D eigenvalue weighted by atomic mass is 127. The minimum Gasteiger partial charge on any atom is -0.370 e. The molecule has 0 radical (unpaired) electrons. The van der Waals surface area contributed by atoms with Crippen LogP contribution in [0, 0.1) is 0 Å². The fourth-order valence-electron chi connectivity index (χ4n) is 1.94. The van der Waals surface area contributed by atoms with Gasteiger partial charge >= 0.3 is 0 Å². The fourth-order valence-corrected chi connectivity index (χ4v) is 2.74. The second-order valence-corrected chi connectivity index (χ2v) is 6.07. The van der Waals surface area contributed by atoms with Gasteiger partial charge in [-0.15, -0.1) is 35.3 Å². The van der Waals surface area contributed by atoms with Crippen LogP contribution in [-0.2, 0) is 6.54 Å². The summed E-state index contributed by atoms with van der Waals surface area (Å²) in [5, 5.41) is 6.39. The van der Waals surface area contributed by atoms with E-state index in [1.54, 1.807) is 11.3 Å². The van der Waals surface area contributed by atoms with Crippen molar-refractivity contribution in [1.82, 2.24) is 10.3 Å². The van der Waals surface area contributed by atoms with Gasteiger partial charge in [0.2, 0.25) is 0 Å². The first-order valence-corrected chi connectivity index (χ1v) is 8.15. The van der Waals surface area contributed by atoms with Gasteiger partial charge in [-0.05, 0) is 19.3 Å². The van der Waals surface area contributed by atoms with Crippen molar-refractivity contribution >= 4 is 41.3 Å². The molecule has 1 aromatic heterocycles. The molecular weight excluding hydrogens is 383 g/mol. The Morgan fingerprint density at radius 3 is 2.95 bits per heavy atom. The standard InChI is InChI=1S/C14H24N4S.HI/c1-2-3-4-5-8-16-14(15)17-9-13-18-12(10-19-13)11-6-7-11;/h10-11H,2-9H2,1H3,(H3,15,16,17);1H. The Hall–Kier alpha value is -0.370. The first kappa shape index (κ1) is 17.7. The molecule has 2 rings (SSSR count). The molecule has 0 amide bonds. The molecule has 1 saturated carbocycles. The van der Waals surface area contributed by atoms with Gasteiger partial charge in [-0.1, -0.05) is 26.2 Å². The summed E-state index contributed by atoms with van der Waals surface area (Å²) in [7, 11) is 0. The van der Waals surface area contributed by atoms with Crippen LogP contribution in [0.25, 0.3) is 0 Å². The first-order valence-electron chi connectivity index (χ1n) is 7.27. The minimum absolute atomic E-state index is 0. The van der Waals surface area contributed by atoms with Gasteiger partial charge in [0.15, 0.2) is 5.96 Å². The number of halogens is 1. The molecule has 0 aliphatic heterocycles. The van der Waals surface area contributed by atoms with Gasteiger partial charge in [-0.2, -0.15) is 0 Å². The van der Waals surface area contributed by atoms with E-state index in [9.17, 15) is 0 Å². The van der Waals surface area contributed by atoms with Crippen molar-refractivity contribution in [2.75, 3.05) is 6.54 Å². The number of aromatic nitrogens is 1. The Bertz CT molecular complexity index is 415. The van der Waals surface area contributed by atoms with Crippen molar-refractivity contribution in [1.29, 1.82) is 0 Å². The molecule has 0 spiro atoms. The van der Waals surface area contributed by atoms with Crippen LogP contribution in [-0.4, -0.2) is 17.5 Å². The second kappa shape index (κ2) is 9.55.